The van der Waals surface area contributed by atoms with Crippen LogP contribution in [0.15, 0.2) is 66.0 Å². The number of hydrogen-bond donors (Lipinski definition) is 2. The first kappa shape index (κ1) is 15.4. The van der Waals surface area contributed by atoms with Crippen LogP contribution < -0.4 is 5.32 Å². The summed E-state index contributed by atoms with van der Waals surface area (Å²) in [4.78, 5) is 13.0. The van der Waals surface area contributed by atoms with Crippen LogP contribution in [0.25, 0.3) is 23.1 Å². The van der Waals surface area contributed by atoms with Crippen LogP contribution >= 0.6 is 11.3 Å². The number of aromatic amines is 1. The van der Waals surface area contributed by atoms with Gasteiger partial charge in [-0.05, 0) is 35.2 Å². The number of H-pyrrole nitrogens is 1. The molecule has 0 radical (unpaired) electrons. The molecule has 4 aromatic rings. The van der Waals surface area contributed by atoms with Gasteiger partial charge in [0.25, 0.3) is 5.91 Å². The molecule has 0 atom stereocenters. The quantitative estimate of drug-likeness (QED) is 0.544. The number of carbonyl (C=O) groups excluding carboxylic acids is 1. The first-order valence-electron chi connectivity index (χ1n) is 7.86. The molecule has 2 aromatic heterocycles. The number of benzene rings is 2. The summed E-state index contributed by atoms with van der Waals surface area (Å²) in [6.07, 6.45) is 3.92. The molecule has 4 rings (SSSR count). The summed E-state index contributed by atoms with van der Waals surface area (Å²) in [7, 11) is 0. The first-order chi connectivity index (χ1) is 12.3. The Morgan fingerprint density at radius 2 is 1.84 bits per heavy atom. The summed E-state index contributed by atoms with van der Waals surface area (Å²) in [5, 5.41) is 13.3. The van der Waals surface area contributed by atoms with Gasteiger partial charge < -0.3 is 5.32 Å². The second-order valence-electron chi connectivity index (χ2n) is 5.51. The largest absolute Gasteiger partial charge is 0.321 e. The minimum atomic E-state index is -0.0962. The third-order valence-corrected chi connectivity index (χ3v) is 4.74. The number of nitrogens with one attached hydrogen (secondary N) is 2. The highest BCUT2D eigenvalue weighted by Crippen LogP contribution is 2.22. The molecule has 1 amide bonds. The highest BCUT2D eigenvalue weighted by atomic mass is 32.1. The molecule has 4 nitrogen and oxygen atoms in total. The number of rotatable bonds is 4. The van der Waals surface area contributed by atoms with Gasteiger partial charge in [0.1, 0.15) is 0 Å². The van der Waals surface area contributed by atoms with Crippen LogP contribution in [0.5, 0.6) is 0 Å². The molecule has 0 saturated carbocycles. The van der Waals surface area contributed by atoms with Crippen molar-refractivity contribution in [3.63, 3.8) is 0 Å². The van der Waals surface area contributed by atoms with Gasteiger partial charge in [0.2, 0.25) is 0 Å². The summed E-state index contributed by atoms with van der Waals surface area (Å²) in [5.74, 6) is -0.0962. The monoisotopic (exact) mass is 345 g/mol. The Kier molecular flexibility index (Phi) is 4.14. The molecular weight excluding hydrogens is 330 g/mol. The zero-order valence-electron chi connectivity index (χ0n) is 13.3. The first-order valence-corrected chi connectivity index (χ1v) is 8.74. The van der Waals surface area contributed by atoms with E-state index in [0.29, 0.717) is 4.88 Å². The second kappa shape index (κ2) is 6.75. The van der Waals surface area contributed by atoms with Gasteiger partial charge in [0.05, 0.1) is 16.1 Å². The Labute approximate surface area is 148 Å². The van der Waals surface area contributed by atoms with Crippen LogP contribution in [-0.4, -0.2) is 16.1 Å². The highest BCUT2D eigenvalue weighted by molar-refractivity contribution is 7.12. The third kappa shape index (κ3) is 3.22. The fraction of sp³-hybridized carbons (Fsp3) is 0. The molecular formula is C20H15N3OS. The number of nitrogens with zero attached hydrogens (tertiary/aromatic N) is 1. The van der Waals surface area contributed by atoms with Crippen LogP contribution in [0.2, 0.25) is 0 Å². The lowest BCUT2D eigenvalue weighted by Gasteiger charge is -2.07. The Hall–Kier alpha value is -3.18. The number of thiophene rings is 1. The zero-order chi connectivity index (χ0) is 17.1. The average molecular weight is 345 g/mol. The summed E-state index contributed by atoms with van der Waals surface area (Å²) < 4.78 is 0. The lowest BCUT2D eigenvalue weighted by atomic mass is 10.1. The summed E-state index contributed by atoms with van der Waals surface area (Å²) in [6, 6.07) is 19.4. The molecule has 0 spiro atoms. The van der Waals surface area contributed by atoms with E-state index in [4.69, 9.17) is 0 Å². The number of para-hydroxylation sites is 2. The molecule has 2 heterocycles. The number of amides is 1. The van der Waals surface area contributed by atoms with E-state index in [1.807, 2.05) is 78.2 Å². The summed E-state index contributed by atoms with van der Waals surface area (Å²) >= 11 is 1.42. The van der Waals surface area contributed by atoms with Crippen LogP contribution in [0.1, 0.15) is 20.9 Å². The van der Waals surface area contributed by atoms with Crippen molar-refractivity contribution in [3.8, 4) is 0 Å². The minimum absolute atomic E-state index is 0.0962. The molecule has 2 N–H and O–H groups in total. The fourth-order valence-electron chi connectivity index (χ4n) is 2.63. The van der Waals surface area contributed by atoms with Gasteiger partial charge in [-0.2, -0.15) is 5.10 Å². The topological polar surface area (TPSA) is 57.8 Å². The lowest BCUT2D eigenvalue weighted by Crippen LogP contribution is -2.10. The average Bonchev–Trinajstić information content (AvgIpc) is 3.31. The van der Waals surface area contributed by atoms with Crippen molar-refractivity contribution in [2.45, 2.75) is 0 Å². The van der Waals surface area contributed by atoms with Crippen molar-refractivity contribution in [1.82, 2.24) is 10.2 Å². The van der Waals surface area contributed by atoms with Crippen LogP contribution in [-0.2, 0) is 0 Å². The van der Waals surface area contributed by atoms with Gasteiger partial charge in [-0.15, -0.1) is 11.3 Å². The Morgan fingerprint density at radius 1 is 1.00 bits per heavy atom. The minimum Gasteiger partial charge on any atom is -0.321 e. The lowest BCUT2D eigenvalue weighted by molar-refractivity contribution is 0.103. The molecule has 25 heavy (non-hydrogen) atoms. The molecule has 0 aliphatic carbocycles. The number of fused-ring (bicyclic) bond motifs is 1. The zero-order valence-corrected chi connectivity index (χ0v) is 14.1. The van der Waals surface area contributed by atoms with Crippen molar-refractivity contribution in [2.75, 3.05) is 5.32 Å². The van der Waals surface area contributed by atoms with E-state index in [-0.39, 0.29) is 5.91 Å². The Balaban J connectivity index is 1.61. The predicted octanol–water partition coefficient (Wildman–Crippen LogP) is 5.05. The number of anilines is 1. The van der Waals surface area contributed by atoms with Crippen molar-refractivity contribution >= 4 is 46.0 Å². The molecule has 0 unspecified atom stereocenters. The second-order valence-corrected chi connectivity index (χ2v) is 6.45. The smallest absolute Gasteiger partial charge is 0.265 e. The van der Waals surface area contributed by atoms with E-state index in [9.17, 15) is 4.79 Å². The molecule has 0 aliphatic rings. The molecule has 0 fully saturated rings. The van der Waals surface area contributed by atoms with E-state index in [0.717, 1.165) is 27.8 Å². The van der Waals surface area contributed by atoms with Gasteiger partial charge in [-0.25, -0.2) is 0 Å². The van der Waals surface area contributed by atoms with Crippen molar-refractivity contribution < 1.29 is 4.79 Å². The van der Waals surface area contributed by atoms with E-state index < -0.39 is 0 Å². The van der Waals surface area contributed by atoms with Crippen molar-refractivity contribution in [3.05, 3.63) is 82.2 Å². The molecule has 0 bridgehead atoms. The molecule has 0 aliphatic heterocycles. The summed E-state index contributed by atoms with van der Waals surface area (Å²) in [6.45, 7) is 0. The maximum Gasteiger partial charge on any atom is 0.265 e. The van der Waals surface area contributed by atoms with Gasteiger partial charge >= 0.3 is 0 Å². The Bertz CT molecular complexity index is 1050. The third-order valence-electron chi connectivity index (χ3n) is 3.87. The van der Waals surface area contributed by atoms with Gasteiger partial charge in [-0.1, -0.05) is 48.5 Å². The number of carbonyl (C=O) groups is 1. The van der Waals surface area contributed by atoms with Crippen molar-refractivity contribution in [2.24, 2.45) is 0 Å². The normalized spacial score (nSPS) is 11.2. The predicted molar refractivity (Wildman–Crippen MR) is 104 cm³/mol. The van der Waals surface area contributed by atoms with E-state index in [1.165, 1.54) is 11.3 Å². The molecule has 122 valence electrons. The Morgan fingerprint density at radius 3 is 2.72 bits per heavy atom. The summed E-state index contributed by atoms with van der Waals surface area (Å²) in [5.41, 5.74) is 3.58. The van der Waals surface area contributed by atoms with E-state index >= 15 is 0 Å². The molecule has 2 aromatic carbocycles. The SMILES string of the molecule is O=C(Nc1ccccc1C=Cc1n[nH]c2ccccc12)c1cccs1. The fourth-order valence-corrected chi connectivity index (χ4v) is 3.25. The number of aromatic nitrogens is 2. The maximum absolute atomic E-state index is 12.3. The van der Waals surface area contributed by atoms with E-state index in [1.54, 1.807) is 0 Å². The van der Waals surface area contributed by atoms with E-state index in [2.05, 4.69) is 15.5 Å². The molecule has 5 heteroatoms. The van der Waals surface area contributed by atoms with Crippen LogP contribution in [0.4, 0.5) is 5.69 Å². The van der Waals surface area contributed by atoms with Crippen molar-refractivity contribution in [1.29, 1.82) is 0 Å². The standard InChI is InChI=1S/C20H15N3OS/c24-20(19-10-5-13-25-19)21-16-8-3-1-6-14(16)11-12-18-15-7-2-4-9-17(15)22-23-18/h1-13H,(H,21,24)(H,22,23). The maximum atomic E-state index is 12.3. The van der Waals surface area contributed by atoms with Gasteiger partial charge in [0.15, 0.2) is 0 Å². The van der Waals surface area contributed by atoms with Crippen LogP contribution in [0.3, 0.4) is 0 Å². The number of hydrogen-bond acceptors (Lipinski definition) is 3. The highest BCUT2D eigenvalue weighted by Gasteiger charge is 2.09. The van der Waals surface area contributed by atoms with Gasteiger partial charge in [-0.3, -0.25) is 9.89 Å². The van der Waals surface area contributed by atoms with Crippen LogP contribution in [0, 0.1) is 0 Å². The van der Waals surface area contributed by atoms with Gasteiger partial charge in [0, 0.05) is 11.1 Å². The molecule has 0 saturated heterocycles.